The van der Waals surface area contributed by atoms with E-state index in [0.29, 0.717) is 0 Å². The van der Waals surface area contributed by atoms with Gasteiger partial charge < -0.3 is 10.1 Å². The first-order valence-electron chi connectivity index (χ1n) is 7.50. The Kier molecular flexibility index (Phi) is 4.29. The molecule has 2 aliphatic rings. The Balaban J connectivity index is 1.44. The van der Waals surface area contributed by atoms with Crippen LogP contribution in [0.25, 0.3) is 0 Å². The lowest BCUT2D eigenvalue weighted by Crippen LogP contribution is -2.17. The third-order valence-corrected chi connectivity index (χ3v) is 4.18. The van der Waals surface area contributed by atoms with Gasteiger partial charge in [-0.3, -0.25) is 0 Å². The summed E-state index contributed by atoms with van der Waals surface area (Å²) in [4.78, 5) is 0. The van der Waals surface area contributed by atoms with Gasteiger partial charge in [-0.2, -0.15) is 0 Å². The summed E-state index contributed by atoms with van der Waals surface area (Å²) in [5, 5.41) is 4.42. The average molecular weight is 280 g/mol. The number of aryl methyl sites for hydroxylation is 1. The molecule has 1 heterocycles. The number of benzene rings is 1. The topological polar surface area (TPSA) is 21.3 Å². The van der Waals surface area contributed by atoms with Crippen molar-refractivity contribution in [2.75, 3.05) is 13.2 Å². The van der Waals surface area contributed by atoms with Crippen LogP contribution in [0, 0.1) is 0 Å². The second-order valence-corrected chi connectivity index (χ2v) is 6.13. The maximum absolute atomic E-state index is 6.17. The van der Waals surface area contributed by atoms with Gasteiger partial charge in [0.2, 0.25) is 0 Å². The van der Waals surface area contributed by atoms with Crippen molar-refractivity contribution < 1.29 is 4.74 Å². The molecule has 0 spiro atoms. The normalized spacial score (nSPS) is 17.3. The molecular weight excluding hydrogens is 258 g/mol. The molecule has 0 saturated heterocycles. The molecule has 0 atom stereocenters. The zero-order valence-corrected chi connectivity index (χ0v) is 12.1. The minimum absolute atomic E-state index is 0.813. The molecule has 1 saturated carbocycles. The SMILES string of the molecule is Clc1cc(CCCCCNC2CC2)c2c(c1)CCO2. The minimum atomic E-state index is 0.813. The van der Waals surface area contributed by atoms with Crippen molar-refractivity contribution in [1.82, 2.24) is 5.32 Å². The molecule has 19 heavy (non-hydrogen) atoms. The average Bonchev–Trinajstić information content (AvgIpc) is 3.09. The van der Waals surface area contributed by atoms with Crippen LogP contribution in [-0.2, 0) is 12.8 Å². The van der Waals surface area contributed by atoms with Crippen molar-refractivity contribution in [3.63, 3.8) is 0 Å². The molecule has 1 aliphatic heterocycles. The molecule has 1 fully saturated rings. The van der Waals surface area contributed by atoms with Gasteiger partial charge in [-0.25, -0.2) is 0 Å². The lowest BCUT2D eigenvalue weighted by atomic mass is 10.0. The Morgan fingerprint density at radius 3 is 2.95 bits per heavy atom. The van der Waals surface area contributed by atoms with E-state index in [1.165, 1.54) is 49.8 Å². The number of ether oxygens (including phenoxy) is 1. The number of nitrogens with one attached hydrogen (secondary N) is 1. The molecule has 0 unspecified atom stereocenters. The number of unbranched alkanes of at least 4 members (excludes halogenated alkanes) is 2. The Labute approximate surface area is 120 Å². The van der Waals surface area contributed by atoms with E-state index >= 15 is 0 Å². The molecule has 1 aromatic carbocycles. The van der Waals surface area contributed by atoms with Crippen LogP contribution < -0.4 is 10.1 Å². The molecule has 3 rings (SSSR count). The Morgan fingerprint density at radius 1 is 1.21 bits per heavy atom. The van der Waals surface area contributed by atoms with Gasteiger partial charge in [-0.15, -0.1) is 0 Å². The van der Waals surface area contributed by atoms with E-state index in [1.54, 1.807) is 0 Å². The fraction of sp³-hybridized carbons (Fsp3) is 0.625. The highest BCUT2D eigenvalue weighted by Crippen LogP contribution is 2.33. The third-order valence-electron chi connectivity index (χ3n) is 3.96. The molecule has 1 N–H and O–H groups in total. The fourth-order valence-electron chi connectivity index (χ4n) is 2.74. The maximum atomic E-state index is 6.17. The largest absolute Gasteiger partial charge is 0.493 e. The first-order valence-corrected chi connectivity index (χ1v) is 7.88. The zero-order chi connectivity index (χ0) is 13.1. The highest BCUT2D eigenvalue weighted by molar-refractivity contribution is 6.30. The van der Waals surface area contributed by atoms with Crippen molar-refractivity contribution in [2.24, 2.45) is 0 Å². The summed E-state index contributed by atoms with van der Waals surface area (Å²) in [5.74, 6) is 1.11. The molecule has 3 heteroatoms. The van der Waals surface area contributed by atoms with E-state index in [2.05, 4.69) is 11.4 Å². The van der Waals surface area contributed by atoms with Crippen molar-refractivity contribution in [3.05, 3.63) is 28.3 Å². The number of rotatable bonds is 7. The van der Waals surface area contributed by atoms with Crippen LogP contribution in [0.5, 0.6) is 5.75 Å². The number of hydrogen-bond donors (Lipinski definition) is 1. The molecule has 0 bridgehead atoms. The molecule has 1 aliphatic carbocycles. The van der Waals surface area contributed by atoms with Gasteiger partial charge in [0, 0.05) is 17.5 Å². The second kappa shape index (κ2) is 6.15. The molecule has 104 valence electrons. The summed E-state index contributed by atoms with van der Waals surface area (Å²) in [5.41, 5.74) is 2.59. The monoisotopic (exact) mass is 279 g/mol. The van der Waals surface area contributed by atoms with E-state index in [9.17, 15) is 0 Å². The number of hydrogen-bond acceptors (Lipinski definition) is 2. The Bertz CT molecular complexity index is 443. The van der Waals surface area contributed by atoms with Gasteiger partial charge in [-0.1, -0.05) is 18.0 Å². The first kappa shape index (κ1) is 13.3. The smallest absolute Gasteiger partial charge is 0.125 e. The van der Waals surface area contributed by atoms with Crippen LogP contribution in [0.3, 0.4) is 0 Å². The van der Waals surface area contributed by atoms with E-state index in [1.807, 2.05) is 6.07 Å². The predicted molar refractivity (Wildman–Crippen MR) is 79.2 cm³/mol. The molecule has 0 amide bonds. The second-order valence-electron chi connectivity index (χ2n) is 5.69. The van der Waals surface area contributed by atoms with E-state index in [-0.39, 0.29) is 0 Å². The number of fused-ring (bicyclic) bond motifs is 1. The Hall–Kier alpha value is -0.730. The zero-order valence-electron chi connectivity index (χ0n) is 11.4. The quantitative estimate of drug-likeness (QED) is 0.768. The van der Waals surface area contributed by atoms with Gasteiger partial charge in [-0.05, 0) is 61.9 Å². The minimum Gasteiger partial charge on any atom is -0.493 e. The van der Waals surface area contributed by atoms with Gasteiger partial charge in [0.1, 0.15) is 5.75 Å². The van der Waals surface area contributed by atoms with Gasteiger partial charge in [0.25, 0.3) is 0 Å². The maximum Gasteiger partial charge on any atom is 0.125 e. The summed E-state index contributed by atoms with van der Waals surface area (Å²) in [7, 11) is 0. The molecule has 1 aromatic rings. The number of halogens is 1. The standard InChI is InChI=1S/C16H22ClNO/c17-14-10-12(16-13(11-14)7-9-19-16)4-2-1-3-8-18-15-5-6-15/h10-11,15,18H,1-9H2. The van der Waals surface area contributed by atoms with Gasteiger partial charge in [0.05, 0.1) is 6.61 Å². The van der Waals surface area contributed by atoms with E-state index in [0.717, 1.165) is 36.3 Å². The van der Waals surface area contributed by atoms with Crippen molar-refractivity contribution in [2.45, 2.75) is 51.0 Å². The molecular formula is C16H22ClNO. The first-order chi connectivity index (χ1) is 9.33. The van der Waals surface area contributed by atoms with Crippen LogP contribution in [0.2, 0.25) is 5.02 Å². The highest BCUT2D eigenvalue weighted by atomic mass is 35.5. The van der Waals surface area contributed by atoms with Crippen LogP contribution in [-0.4, -0.2) is 19.2 Å². The van der Waals surface area contributed by atoms with Gasteiger partial charge >= 0.3 is 0 Å². The fourth-order valence-corrected chi connectivity index (χ4v) is 3.01. The summed E-state index contributed by atoms with van der Waals surface area (Å²) >= 11 is 6.17. The molecule has 2 nitrogen and oxygen atoms in total. The van der Waals surface area contributed by atoms with E-state index in [4.69, 9.17) is 16.3 Å². The van der Waals surface area contributed by atoms with E-state index < -0.39 is 0 Å². The lowest BCUT2D eigenvalue weighted by Gasteiger charge is -2.09. The predicted octanol–water partition coefficient (Wildman–Crippen LogP) is 3.74. The summed E-state index contributed by atoms with van der Waals surface area (Å²) < 4.78 is 5.73. The molecule has 0 aromatic heterocycles. The summed E-state index contributed by atoms with van der Waals surface area (Å²) in [6.07, 6.45) is 8.64. The van der Waals surface area contributed by atoms with Crippen molar-refractivity contribution in [3.8, 4) is 5.75 Å². The highest BCUT2D eigenvalue weighted by Gasteiger charge is 2.19. The van der Waals surface area contributed by atoms with Crippen molar-refractivity contribution in [1.29, 1.82) is 0 Å². The van der Waals surface area contributed by atoms with Crippen LogP contribution in [0.15, 0.2) is 12.1 Å². The third kappa shape index (κ3) is 3.64. The van der Waals surface area contributed by atoms with Gasteiger partial charge in [0.15, 0.2) is 0 Å². The van der Waals surface area contributed by atoms with Crippen LogP contribution in [0.1, 0.15) is 43.2 Å². The lowest BCUT2D eigenvalue weighted by molar-refractivity contribution is 0.353. The van der Waals surface area contributed by atoms with Crippen LogP contribution >= 0.6 is 11.6 Å². The summed E-state index contributed by atoms with van der Waals surface area (Å²) in [6.45, 7) is 1.99. The Morgan fingerprint density at radius 2 is 2.11 bits per heavy atom. The van der Waals surface area contributed by atoms with Crippen molar-refractivity contribution >= 4 is 11.6 Å². The van der Waals surface area contributed by atoms with Crippen LogP contribution in [0.4, 0.5) is 0 Å². The molecule has 0 radical (unpaired) electrons. The summed E-state index contributed by atoms with van der Waals surface area (Å²) in [6, 6.07) is 4.96.